The van der Waals surface area contributed by atoms with Crippen LogP contribution in [0.2, 0.25) is 0 Å². The standard InChI is InChI=1S/C18H19N3O3S3/c1-12-5-6-13(2)16(10-12)27(23,24)21-8-7-19-17(22)15-11-20-18(26-15)14-4-3-9-25-14/h3-6,9-11,21H,7-8H2,1-2H3,(H,19,22). The van der Waals surface area contributed by atoms with Crippen LogP contribution in [0.25, 0.3) is 9.88 Å². The Kier molecular flexibility index (Phi) is 6.05. The first-order chi connectivity index (χ1) is 12.9. The second kappa shape index (κ2) is 8.30. The van der Waals surface area contributed by atoms with E-state index >= 15 is 0 Å². The van der Waals surface area contributed by atoms with Gasteiger partial charge in [0.05, 0.1) is 16.0 Å². The van der Waals surface area contributed by atoms with Crippen LogP contribution in [-0.2, 0) is 10.0 Å². The maximum atomic E-state index is 12.4. The summed E-state index contributed by atoms with van der Waals surface area (Å²) < 4.78 is 27.4. The van der Waals surface area contributed by atoms with E-state index < -0.39 is 10.0 Å². The highest BCUT2D eigenvalue weighted by Crippen LogP contribution is 2.28. The summed E-state index contributed by atoms with van der Waals surface area (Å²) in [5.41, 5.74) is 1.56. The predicted octanol–water partition coefficient (Wildman–Crippen LogP) is 3.20. The van der Waals surface area contributed by atoms with Crippen molar-refractivity contribution < 1.29 is 13.2 Å². The number of nitrogens with zero attached hydrogens (tertiary/aromatic N) is 1. The van der Waals surface area contributed by atoms with Crippen molar-refractivity contribution in [1.29, 1.82) is 0 Å². The molecule has 0 bridgehead atoms. The zero-order chi connectivity index (χ0) is 19.4. The smallest absolute Gasteiger partial charge is 0.263 e. The van der Waals surface area contributed by atoms with E-state index in [1.807, 2.05) is 30.5 Å². The van der Waals surface area contributed by atoms with Crippen LogP contribution in [0.4, 0.5) is 0 Å². The number of hydrogen-bond donors (Lipinski definition) is 2. The Bertz CT molecular complexity index is 1040. The van der Waals surface area contributed by atoms with Crippen molar-refractivity contribution in [3.8, 4) is 9.88 Å². The van der Waals surface area contributed by atoms with Crippen LogP contribution in [0.5, 0.6) is 0 Å². The van der Waals surface area contributed by atoms with Gasteiger partial charge in [0.2, 0.25) is 10.0 Å². The van der Waals surface area contributed by atoms with E-state index in [2.05, 4.69) is 15.0 Å². The van der Waals surface area contributed by atoms with Gasteiger partial charge in [-0.15, -0.1) is 22.7 Å². The molecule has 27 heavy (non-hydrogen) atoms. The van der Waals surface area contributed by atoms with Gasteiger partial charge in [-0.25, -0.2) is 18.1 Å². The van der Waals surface area contributed by atoms with Gasteiger partial charge in [-0.1, -0.05) is 18.2 Å². The van der Waals surface area contributed by atoms with Gasteiger partial charge in [-0.05, 0) is 42.5 Å². The first-order valence-electron chi connectivity index (χ1n) is 8.21. The minimum Gasteiger partial charge on any atom is -0.350 e. The molecule has 0 saturated carbocycles. The summed E-state index contributed by atoms with van der Waals surface area (Å²) in [7, 11) is -3.61. The monoisotopic (exact) mass is 421 g/mol. The minimum atomic E-state index is -3.61. The number of rotatable bonds is 7. The van der Waals surface area contributed by atoms with Crippen molar-refractivity contribution in [2.45, 2.75) is 18.7 Å². The van der Waals surface area contributed by atoms with Gasteiger partial charge in [0.15, 0.2) is 0 Å². The maximum absolute atomic E-state index is 12.4. The molecule has 6 nitrogen and oxygen atoms in total. The Morgan fingerprint density at radius 2 is 2.00 bits per heavy atom. The van der Waals surface area contributed by atoms with Gasteiger partial charge >= 0.3 is 0 Å². The molecule has 2 aromatic heterocycles. The van der Waals surface area contributed by atoms with E-state index in [0.717, 1.165) is 15.4 Å². The third kappa shape index (κ3) is 4.81. The average Bonchev–Trinajstić information content (AvgIpc) is 3.31. The number of thiophene rings is 1. The molecule has 2 N–H and O–H groups in total. The summed E-state index contributed by atoms with van der Waals surface area (Å²) in [4.78, 5) is 18.2. The molecule has 0 aliphatic heterocycles. The van der Waals surface area contributed by atoms with Gasteiger partial charge in [0.25, 0.3) is 5.91 Å². The number of carbonyl (C=O) groups excluding carboxylic acids is 1. The summed E-state index contributed by atoms with van der Waals surface area (Å²) in [5.74, 6) is -0.263. The van der Waals surface area contributed by atoms with E-state index in [1.165, 1.54) is 17.5 Å². The molecule has 0 fully saturated rings. The molecule has 0 spiro atoms. The van der Waals surface area contributed by atoms with Gasteiger partial charge < -0.3 is 5.32 Å². The Labute approximate surface area is 166 Å². The highest BCUT2D eigenvalue weighted by atomic mass is 32.2. The number of sulfonamides is 1. The third-order valence-corrected chi connectivity index (χ3v) is 7.44. The highest BCUT2D eigenvalue weighted by molar-refractivity contribution is 7.89. The molecule has 0 unspecified atom stereocenters. The average molecular weight is 422 g/mol. The fraction of sp³-hybridized carbons (Fsp3) is 0.222. The lowest BCUT2D eigenvalue weighted by Crippen LogP contribution is -2.34. The van der Waals surface area contributed by atoms with Crippen LogP contribution in [0.1, 0.15) is 20.8 Å². The number of aryl methyl sites for hydroxylation is 2. The van der Waals surface area contributed by atoms with Gasteiger partial charge in [-0.2, -0.15) is 0 Å². The number of amides is 1. The molecule has 142 valence electrons. The second-order valence-electron chi connectivity index (χ2n) is 5.93. The zero-order valence-electron chi connectivity index (χ0n) is 14.9. The van der Waals surface area contributed by atoms with Gasteiger partial charge in [0, 0.05) is 13.1 Å². The number of thiazole rings is 1. The Balaban J connectivity index is 1.54. The fourth-order valence-electron chi connectivity index (χ4n) is 2.42. The molecule has 0 radical (unpaired) electrons. The molecule has 2 heterocycles. The quantitative estimate of drug-likeness (QED) is 0.574. The first kappa shape index (κ1) is 19.7. The number of benzene rings is 1. The van der Waals surface area contributed by atoms with E-state index in [1.54, 1.807) is 30.4 Å². The van der Waals surface area contributed by atoms with Crippen molar-refractivity contribution in [3.63, 3.8) is 0 Å². The van der Waals surface area contributed by atoms with Gasteiger partial charge in [0.1, 0.15) is 9.88 Å². The summed E-state index contributed by atoms with van der Waals surface area (Å²) >= 11 is 2.88. The van der Waals surface area contributed by atoms with Crippen LogP contribution in [-0.4, -0.2) is 32.4 Å². The van der Waals surface area contributed by atoms with Crippen LogP contribution < -0.4 is 10.0 Å². The molecule has 0 aliphatic rings. The summed E-state index contributed by atoms with van der Waals surface area (Å²) in [6.45, 7) is 3.90. The maximum Gasteiger partial charge on any atom is 0.263 e. The summed E-state index contributed by atoms with van der Waals surface area (Å²) in [6, 6.07) is 9.17. The van der Waals surface area contributed by atoms with E-state index in [0.29, 0.717) is 10.4 Å². The van der Waals surface area contributed by atoms with Crippen molar-refractivity contribution in [3.05, 3.63) is 57.9 Å². The molecular formula is C18H19N3O3S3. The predicted molar refractivity (Wildman–Crippen MR) is 109 cm³/mol. The number of hydrogen-bond acceptors (Lipinski definition) is 6. The minimum absolute atomic E-state index is 0.109. The number of carbonyl (C=O) groups is 1. The van der Waals surface area contributed by atoms with E-state index in [4.69, 9.17) is 0 Å². The van der Waals surface area contributed by atoms with E-state index in [-0.39, 0.29) is 23.9 Å². The van der Waals surface area contributed by atoms with Crippen molar-refractivity contribution in [2.75, 3.05) is 13.1 Å². The lowest BCUT2D eigenvalue weighted by Gasteiger charge is -2.10. The Morgan fingerprint density at radius 3 is 2.74 bits per heavy atom. The molecule has 1 aromatic carbocycles. The molecular weight excluding hydrogens is 402 g/mol. The largest absolute Gasteiger partial charge is 0.350 e. The topological polar surface area (TPSA) is 88.2 Å². The Morgan fingerprint density at radius 1 is 1.19 bits per heavy atom. The van der Waals surface area contributed by atoms with E-state index in [9.17, 15) is 13.2 Å². The zero-order valence-corrected chi connectivity index (χ0v) is 17.3. The van der Waals surface area contributed by atoms with Crippen molar-refractivity contribution >= 4 is 38.6 Å². The normalized spacial score (nSPS) is 11.5. The molecule has 3 rings (SSSR count). The summed E-state index contributed by atoms with van der Waals surface area (Å²) in [6.07, 6.45) is 1.54. The molecule has 0 aliphatic carbocycles. The number of nitrogens with one attached hydrogen (secondary N) is 2. The lowest BCUT2D eigenvalue weighted by atomic mass is 10.2. The highest BCUT2D eigenvalue weighted by Gasteiger charge is 2.17. The fourth-order valence-corrected chi connectivity index (χ4v) is 5.41. The van der Waals surface area contributed by atoms with Crippen molar-refractivity contribution in [2.24, 2.45) is 0 Å². The molecule has 0 atom stereocenters. The molecule has 9 heteroatoms. The van der Waals surface area contributed by atoms with Crippen LogP contribution >= 0.6 is 22.7 Å². The third-order valence-electron chi connectivity index (χ3n) is 3.80. The van der Waals surface area contributed by atoms with Crippen molar-refractivity contribution in [1.82, 2.24) is 15.0 Å². The number of aromatic nitrogens is 1. The van der Waals surface area contributed by atoms with Crippen LogP contribution in [0, 0.1) is 13.8 Å². The molecule has 1 amide bonds. The lowest BCUT2D eigenvalue weighted by molar-refractivity contribution is 0.0958. The van der Waals surface area contributed by atoms with Crippen LogP contribution in [0.15, 0.2) is 46.8 Å². The van der Waals surface area contributed by atoms with Gasteiger partial charge in [-0.3, -0.25) is 4.79 Å². The molecule has 0 saturated heterocycles. The Hall–Kier alpha value is -2.07. The SMILES string of the molecule is Cc1ccc(C)c(S(=O)(=O)NCCNC(=O)c2cnc(-c3cccs3)s2)c1. The first-order valence-corrected chi connectivity index (χ1v) is 11.4. The summed E-state index contributed by atoms with van der Waals surface area (Å²) in [5, 5.41) is 5.47. The second-order valence-corrected chi connectivity index (χ2v) is 9.64. The molecule has 3 aromatic rings. The van der Waals surface area contributed by atoms with Crippen LogP contribution in [0.3, 0.4) is 0 Å².